The van der Waals surface area contributed by atoms with Crippen LogP contribution in [0.2, 0.25) is 5.02 Å². The molecule has 1 N–H and O–H groups in total. The molecule has 10 nitrogen and oxygen atoms in total. The molecule has 3 rings (SSSR count). The summed E-state index contributed by atoms with van der Waals surface area (Å²) in [6.07, 6.45) is 1.51. The number of benzene rings is 1. The van der Waals surface area contributed by atoms with Crippen LogP contribution >= 0.6 is 11.6 Å². The van der Waals surface area contributed by atoms with Gasteiger partial charge >= 0.3 is 0 Å². The number of nitrogens with zero attached hydrogens (tertiary/aromatic N) is 3. The number of carbonyl (C=O) groups is 1. The number of halogens is 1. The van der Waals surface area contributed by atoms with Gasteiger partial charge in [-0.15, -0.1) is 0 Å². The number of aromatic nitrogens is 2. The van der Waals surface area contributed by atoms with Crippen molar-refractivity contribution < 1.29 is 26.4 Å². The van der Waals surface area contributed by atoms with E-state index in [1.165, 1.54) is 28.6 Å². The second-order valence-corrected chi connectivity index (χ2v) is 11.4. The maximum Gasteiger partial charge on any atom is 0.275 e. The van der Waals surface area contributed by atoms with Crippen LogP contribution in [0.25, 0.3) is 0 Å². The number of sulfonamides is 1. The maximum absolute atomic E-state index is 12.9. The highest BCUT2D eigenvalue weighted by atomic mass is 35.5. The molecule has 1 aromatic carbocycles. The lowest BCUT2D eigenvalue weighted by atomic mass is 10.3. The topological polar surface area (TPSA) is 136 Å². The molecule has 1 aromatic heterocycles. The molecule has 0 bridgehead atoms. The van der Waals surface area contributed by atoms with E-state index >= 15 is 0 Å². The van der Waals surface area contributed by atoms with Crippen molar-refractivity contribution in [2.45, 2.75) is 36.1 Å². The minimum Gasteiger partial charge on any atom is -0.373 e. The van der Waals surface area contributed by atoms with Crippen LogP contribution in [-0.4, -0.2) is 68.6 Å². The van der Waals surface area contributed by atoms with Gasteiger partial charge in [-0.05, 0) is 38.1 Å². The first kappa shape index (κ1) is 23.5. The Morgan fingerprint density at radius 1 is 1.13 bits per heavy atom. The molecular weight excluding hydrogens is 468 g/mol. The molecule has 2 heterocycles. The fraction of sp³-hybridized carbons (Fsp3) is 0.389. The Bertz CT molecular complexity index is 1190. The van der Waals surface area contributed by atoms with Crippen LogP contribution in [0.3, 0.4) is 0 Å². The number of anilines is 1. The third kappa shape index (κ3) is 5.39. The van der Waals surface area contributed by atoms with Crippen LogP contribution < -0.4 is 5.32 Å². The van der Waals surface area contributed by atoms with Crippen molar-refractivity contribution in [3.05, 3.63) is 41.2 Å². The van der Waals surface area contributed by atoms with Crippen LogP contribution in [-0.2, 0) is 24.6 Å². The summed E-state index contributed by atoms with van der Waals surface area (Å²) in [5, 5.41) is 1.86. The van der Waals surface area contributed by atoms with Crippen LogP contribution in [0.4, 0.5) is 5.69 Å². The first-order chi connectivity index (χ1) is 14.4. The molecule has 2 unspecified atom stereocenters. The lowest BCUT2D eigenvalue weighted by molar-refractivity contribution is -0.0440. The molecule has 1 amide bonds. The molecular formula is C18H21ClN4O6S2. The van der Waals surface area contributed by atoms with E-state index in [1.807, 2.05) is 13.8 Å². The van der Waals surface area contributed by atoms with E-state index in [1.54, 1.807) is 0 Å². The van der Waals surface area contributed by atoms with E-state index in [0.29, 0.717) is 0 Å². The Balaban J connectivity index is 1.79. The molecule has 0 radical (unpaired) electrons. The Hall–Kier alpha value is -2.12. The summed E-state index contributed by atoms with van der Waals surface area (Å²) < 4.78 is 56.0. The normalized spacial score (nSPS) is 20.4. The molecule has 1 fully saturated rings. The van der Waals surface area contributed by atoms with Crippen LogP contribution in [0.5, 0.6) is 0 Å². The summed E-state index contributed by atoms with van der Waals surface area (Å²) >= 11 is 5.93. The molecule has 2 aromatic rings. The average molecular weight is 489 g/mol. The van der Waals surface area contributed by atoms with Crippen LogP contribution in [0, 0.1) is 0 Å². The fourth-order valence-corrected chi connectivity index (χ4v) is 5.33. The summed E-state index contributed by atoms with van der Waals surface area (Å²) in [5.41, 5.74) is -0.0340. The van der Waals surface area contributed by atoms with Gasteiger partial charge in [-0.3, -0.25) is 4.79 Å². The molecule has 0 aliphatic carbocycles. The Kier molecular flexibility index (Phi) is 6.67. The average Bonchev–Trinajstić information content (AvgIpc) is 2.67. The number of morpholine rings is 1. The van der Waals surface area contributed by atoms with Gasteiger partial charge in [0.2, 0.25) is 25.0 Å². The first-order valence-electron chi connectivity index (χ1n) is 9.17. The molecule has 2 atom stereocenters. The third-order valence-corrected chi connectivity index (χ3v) is 7.39. The molecule has 1 aliphatic heterocycles. The second-order valence-electron chi connectivity index (χ2n) is 7.18. The predicted molar refractivity (Wildman–Crippen MR) is 113 cm³/mol. The van der Waals surface area contributed by atoms with Gasteiger partial charge in [-0.25, -0.2) is 26.8 Å². The number of amides is 1. The highest BCUT2D eigenvalue weighted by Gasteiger charge is 2.32. The number of ether oxygens (including phenoxy) is 1. The Morgan fingerprint density at radius 3 is 2.26 bits per heavy atom. The number of rotatable bonds is 5. The van der Waals surface area contributed by atoms with Crippen molar-refractivity contribution in [2.75, 3.05) is 24.7 Å². The monoisotopic (exact) mass is 488 g/mol. The zero-order chi connectivity index (χ0) is 23.0. The first-order valence-corrected chi connectivity index (χ1v) is 12.9. The SMILES string of the molecule is CC1CN(S(=O)(=O)c2ccc(NC(=O)c3nc(S(C)(=O)=O)ncc3Cl)cc2)CC(C)O1. The number of hydrogen-bond acceptors (Lipinski definition) is 8. The predicted octanol–water partition coefficient (Wildman–Crippen LogP) is 1.58. The largest absolute Gasteiger partial charge is 0.373 e. The van der Waals surface area contributed by atoms with Gasteiger partial charge in [-0.1, -0.05) is 11.6 Å². The van der Waals surface area contributed by atoms with Crippen LogP contribution in [0.15, 0.2) is 40.5 Å². The highest BCUT2D eigenvalue weighted by molar-refractivity contribution is 7.90. The number of hydrogen-bond donors (Lipinski definition) is 1. The maximum atomic E-state index is 12.9. The fourth-order valence-electron chi connectivity index (χ4n) is 3.07. The molecule has 0 saturated carbocycles. The molecule has 1 aliphatic rings. The van der Waals surface area contributed by atoms with Gasteiger partial charge in [0.25, 0.3) is 5.91 Å². The summed E-state index contributed by atoms with van der Waals surface area (Å²) in [5.74, 6) is -0.760. The molecule has 1 saturated heterocycles. The Morgan fingerprint density at radius 2 is 1.71 bits per heavy atom. The smallest absolute Gasteiger partial charge is 0.275 e. The van der Waals surface area contributed by atoms with E-state index in [4.69, 9.17) is 16.3 Å². The van der Waals surface area contributed by atoms with E-state index in [9.17, 15) is 21.6 Å². The zero-order valence-corrected chi connectivity index (χ0v) is 19.3. The summed E-state index contributed by atoms with van der Waals surface area (Å²) in [6, 6.07) is 5.59. The second kappa shape index (κ2) is 8.79. The third-order valence-electron chi connectivity index (χ3n) is 4.40. The lowest BCUT2D eigenvalue weighted by Gasteiger charge is -2.34. The van der Waals surface area contributed by atoms with Crippen molar-refractivity contribution in [3.63, 3.8) is 0 Å². The van der Waals surface area contributed by atoms with Gasteiger partial charge in [0.05, 0.1) is 28.3 Å². The zero-order valence-electron chi connectivity index (χ0n) is 16.9. The van der Waals surface area contributed by atoms with E-state index < -0.39 is 30.9 Å². The van der Waals surface area contributed by atoms with E-state index in [2.05, 4.69) is 15.3 Å². The van der Waals surface area contributed by atoms with Crippen molar-refractivity contribution in [2.24, 2.45) is 0 Å². The lowest BCUT2D eigenvalue weighted by Crippen LogP contribution is -2.48. The van der Waals surface area contributed by atoms with Gasteiger partial charge in [0.1, 0.15) is 0 Å². The highest BCUT2D eigenvalue weighted by Crippen LogP contribution is 2.23. The molecule has 13 heteroatoms. The van der Waals surface area contributed by atoms with Crippen molar-refractivity contribution in [3.8, 4) is 0 Å². The number of carbonyl (C=O) groups excluding carboxylic acids is 1. The van der Waals surface area contributed by atoms with E-state index in [0.717, 1.165) is 12.5 Å². The summed E-state index contributed by atoms with van der Waals surface area (Å²) in [6.45, 7) is 4.12. The van der Waals surface area contributed by atoms with Crippen LogP contribution in [0.1, 0.15) is 24.3 Å². The molecule has 0 spiro atoms. The van der Waals surface area contributed by atoms with Crippen molar-refractivity contribution >= 4 is 43.1 Å². The standard InChI is InChI=1S/C18H21ClN4O6S2/c1-11-9-23(10-12(2)29-11)31(27,28)14-6-4-13(5-7-14)21-17(24)16-15(19)8-20-18(22-16)30(3,25)26/h4-8,11-12H,9-10H2,1-3H3,(H,21,24). The Labute approximate surface area is 185 Å². The van der Waals surface area contributed by atoms with Crippen molar-refractivity contribution in [1.29, 1.82) is 0 Å². The minimum atomic E-state index is -3.73. The van der Waals surface area contributed by atoms with Gasteiger partial charge < -0.3 is 10.1 Å². The number of sulfone groups is 1. The van der Waals surface area contributed by atoms with Crippen molar-refractivity contribution in [1.82, 2.24) is 14.3 Å². The molecule has 168 valence electrons. The number of nitrogens with one attached hydrogen (secondary N) is 1. The van der Waals surface area contributed by atoms with Gasteiger partial charge in [-0.2, -0.15) is 4.31 Å². The minimum absolute atomic E-state index is 0.0752. The summed E-state index contributed by atoms with van der Waals surface area (Å²) in [4.78, 5) is 19.9. The molecule has 31 heavy (non-hydrogen) atoms. The van der Waals surface area contributed by atoms with Gasteiger partial charge in [0.15, 0.2) is 5.69 Å². The van der Waals surface area contributed by atoms with E-state index in [-0.39, 0.29) is 46.6 Å². The quantitative estimate of drug-likeness (QED) is 0.626. The van der Waals surface area contributed by atoms with Gasteiger partial charge in [0, 0.05) is 25.0 Å². The summed E-state index contributed by atoms with van der Waals surface area (Å²) in [7, 11) is -7.45.